The zero-order valence-corrected chi connectivity index (χ0v) is 14.5. The van der Waals surface area contributed by atoms with E-state index in [1.165, 1.54) is 13.0 Å². The minimum atomic E-state index is -0.715. The maximum Gasteiger partial charge on any atom is 0.348 e. The Labute approximate surface area is 148 Å². The molecule has 0 aliphatic rings. The second-order valence-electron chi connectivity index (χ2n) is 5.72. The molecule has 0 radical (unpaired) electrons. The molecule has 0 fully saturated rings. The van der Waals surface area contributed by atoms with Gasteiger partial charge in [0.15, 0.2) is 0 Å². The van der Waals surface area contributed by atoms with Crippen LogP contribution in [-0.4, -0.2) is 26.7 Å². The van der Waals surface area contributed by atoms with E-state index in [4.69, 9.17) is 10.2 Å². The number of rotatable bonds is 2. The largest absolute Gasteiger partial charge is 0.507 e. The Bertz CT molecular complexity index is 1120. The van der Waals surface area contributed by atoms with E-state index in [-0.39, 0.29) is 28.9 Å². The molecule has 0 atom stereocenters. The van der Waals surface area contributed by atoms with Gasteiger partial charge in [0.05, 0.1) is 23.2 Å². The second kappa shape index (κ2) is 6.75. The molecule has 0 aliphatic carbocycles. The van der Waals surface area contributed by atoms with Gasteiger partial charge in [0.1, 0.15) is 11.3 Å². The number of aromatic hydroxyl groups is 1. The molecule has 0 saturated heterocycles. The van der Waals surface area contributed by atoms with Gasteiger partial charge in [0, 0.05) is 11.5 Å². The van der Waals surface area contributed by atoms with Crippen molar-refractivity contribution in [3.05, 3.63) is 57.8 Å². The van der Waals surface area contributed by atoms with Gasteiger partial charge in [-0.1, -0.05) is 18.2 Å². The van der Waals surface area contributed by atoms with Gasteiger partial charge in [-0.15, -0.1) is 0 Å². The van der Waals surface area contributed by atoms with Crippen LogP contribution in [0.3, 0.4) is 0 Å². The normalized spacial score (nSPS) is 12.6. The van der Waals surface area contributed by atoms with Crippen LogP contribution in [0.5, 0.6) is 5.75 Å². The van der Waals surface area contributed by atoms with Crippen molar-refractivity contribution >= 4 is 28.5 Å². The fourth-order valence-corrected chi connectivity index (χ4v) is 2.58. The summed E-state index contributed by atoms with van der Waals surface area (Å²) in [5.41, 5.74) is 7.78. The van der Waals surface area contributed by atoms with Crippen molar-refractivity contribution in [1.29, 1.82) is 0 Å². The summed E-state index contributed by atoms with van der Waals surface area (Å²) in [6.07, 6.45) is 1.10. The maximum absolute atomic E-state index is 11.7. The third-order valence-corrected chi connectivity index (χ3v) is 3.83. The van der Waals surface area contributed by atoms with Crippen molar-refractivity contribution in [3.63, 3.8) is 0 Å². The highest BCUT2D eigenvalue weighted by molar-refractivity contribution is 6.06. The van der Waals surface area contributed by atoms with Crippen molar-refractivity contribution in [1.82, 2.24) is 9.97 Å². The van der Waals surface area contributed by atoms with Crippen LogP contribution < -0.4 is 11.4 Å². The molecule has 8 heteroatoms. The first-order valence-electron chi connectivity index (χ1n) is 7.81. The Morgan fingerprint density at radius 2 is 2.00 bits per heavy atom. The highest BCUT2D eigenvalue weighted by Gasteiger charge is 2.12. The van der Waals surface area contributed by atoms with Crippen LogP contribution in [0.2, 0.25) is 0 Å². The molecule has 2 heterocycles. The minimum absolute atomic E-state index is 0.0721. The van der Waals surface area contributed by atoms with E-state index in [1.807, 2.05) is 32.0 Å². The molecule has 8 nitrogen and oxygen atoms in total. The molecule has 0 aliphatic heterocycles. The molecule has 0 amide bonds. The van der Waals surface area contributed by atoms with E-state index < -0.39 is 5.63 Å². The Hall–Kier alpha value is -3.55. The average Bonchev–Trinajstić information content (AvgIpc) is 2.55. The highest BCUT2D eigenvalue weighted by atomic mass is 16.4. The van der Waals surface area contributed by atoms with E-state index in [0.29, 0.717) is 0 Å². The van der Waals surface area contributed by atoms with Crippen LogP contribution in [0.4, 0.5) is 5.95 Å². The summed E-state index contributed by atoms with van der Waals surface area (Å²) < 4.78 is 4.74. The van der Waals surface area contributed by atoms with Crippen LogP contribution in [-0.2, 0) is 0 Å². The maximum atomic E-state index is 11.7. The molecule has 3 rings (SSSR count). The van der Waals surface area contributed by atoms with Gasteiger partial charge < -0.3 is 15.3 Å². The summed E-state index contributed by atoms with van der Waals surface area (Å²) in [5.74, 6) is -0.219. The van der Waals surface area contributed by atoms with Gasteiger partial charge >= 0.3 is 5.63 Å². The molecule has 0 saturated carbocycles. The van der Waals surface area contributed by atoms with Gasteiger partial charge in [-0.2, -0.15) is 4.99 Å². The molecule has 1 aromatic carbocycles. The van der Waals surface area contributed by atoms with Crippen molar-refractivity contribution in [3.8, 4) is 5.75 Å². The molecule has 0 unspecified atom stereocenters. The molecular weight excluding hydrogens is 334 g/mol. The fourth-order valence-electron chi connectivity index (χ4n) is 2.58. The number of nitrogens with zero attached hydrogens (tertiary/aromatic N) is 4. The van der Waals surface area contributed by atoms with Crippen LogP contribution in [0, 0.1) is 13.8 Å². The quantitative estimate of drug-likeness (QED) is 0.539. The lowest BCUT2D eigenvalue weighted by atomic mass is 10.1. The Kier molecular flexibility index (Phi) is 4.49. The lowest BCUT2D eigenvalue weighted by Crippen LogP contribution is -2.16. The van der Waals surface area contributed by atoms with Crippen molar-refractivity contribution in [2.45, 2.75) is 20.8 Å². The standard InChI is InChI=1S/C18H17N5O3/c1-9-5-4-6-12-10(2)21-18(22-15(9)12)23-17(19)20-11(3)14-13(24)7-8-26-16(14)25/h4-8,24H,1-3H3,(H2,19,21,22,23). The number of aliphatic imine (C=N–C) groups is 2. The lowest BCUT2D eigenvalue weighted by Gasteiger charge is -2.05. The summed E-state index contributed by atoms with van der Waals surface area (Å²) >= 11 is 0. The summed E-state index contributed by atoms with van der Waals surface area (Å²) in [7, 11) is 0. The monoisotopic (exact) mass is 351 g/mol. The van der Waals surface area contributed by atoms with Gasteiger partial charge in [-0.3, -0.25) is 0 Å². The zero-order valence-electron chi connectivity index (χ0n) is 14.5. The number of fused-ring (bicyclic) bond motifs is 1. The first-order valence-corrected chi connectivity index (χ1v) is 7.81. The lowest BCUT2D eigenvalue weighted by molar-refractivity contribution is 0.445. The fraction of sp³-hybridized carbons (Fsp3) is 0.167. The number of benzene rings is 1. The second-order valence-corrected chi connectivity index (χ2v) is 5.72. The van der Waals surface area contributed by atoms with Crippen LogP contribution >= 0.6 is 0 Å². The van der Waals surface area contributed by atoms with E-state index in [1.54, 1.807) is 0 Å². The van der Waals surface area contributed by atoms with Crippen molar-refractivity contribution in [2.75, 3.05) is 0 Å². The van der Waals surface area contributed by atoms with Crippen LogP contribution in [0.1, 0.15) is 23.7 Å². The number of hydrogen-bond acceptors (Lipinski definition) is 6. The topological polar surface area (TPSA) is 127 Å². The van der Waals surface area contributed by atoms with Crippen molar-refractivity contribution in [2.24, 2.45) is 15.7 Å². The Balaban J connectivity index is 2.04. The molecule has 3 N–H and O–H groups in total. The Morgan fingerprint density at radius 3 is 2.73 bits per heavy atom. The number of hydrogen-bond donors (Lipinski definition) is 2. The van der Waals surface area contributed by atoms with Gasteiger partial charge in [-0.05, 0) is 26.3 Å². The number of para-hydroxylation sites is 1. The highest BCUT2D eigenvalue weighted by Crippen LogP contribution is 2.21. The third kappa shape index (κ3) is 3.30. The van der Waals surface area contributed by atoms with Crippen molar-refractivity contribution < 1.29 is 9.52 Å². The number of aromatic nitrogens is 2. The molecule has 2 aromatic heterocycles. The average molecular weight is 351 g/mol. The third-order valence-electron chi connectivity index (χ3n) is 3.83. The van der Waals surface area contributed by atoms with Gasteiger partial charge in [0.2, 0.25) is 5.96 Å². The predicted molar refractivity (Wildman–Crippen MR) is 99.1 cm³/mol. The first kappa shape index (κ1) is 17.3. The summed E-state index contributed by atoms with van der Waals surface area (Å²) in [5, 5.41) is 10.7. The predicted octanol–water partition coefficient (Wildman–Crippen LogP) is 2.36. The molecule has 132 valence electrons. The van der Waals surface area contributed by atoms with Crippen LogP contribution in [0.25, 0.3) is 10.9 Å². The van der Waals surface area contributed by atoms with E-state index in [2.05, 4.69) is 20.0 Å². The number of guanidine groups is 1. The van der Waals surface area contributed by atoms with E-state index in [0.717, 1.165) is 28.4 Å². The van der Waals surface area contributed by atoms with Gasteiger partial charge in [-0.25, -0.2) is 19.8 Å². The molecule has 26 heavy (non-hydrogen) atoms. The summed E-state index contributed by atoms with van der Waals surface area (Å²) in [6.45, 7) is 5.33. The van der Waals surface area contributed by atoms with Gasteiger partial charge in [0.25, 0.3) is 5.95 Å². The first-order chi connectivity index (χ1) is 12.4. The molecular formula is C18H17N5O3. The number of aryl methyl sites for hydroxylation is 2. The van der Waals surface area contributed by atoms with E-state index in [9.17, 15) is 9.90 Å². The van der Waals surface area contributed by atoms with Crippen LogP contribution in [0.15, 0.2) is 49.7 Å². The summed E-state index contributed by atoms with van der Waals surface area (Å²) in [6, 6.07) is 7.08. The SMILES string of the molecule is CC(=NC(N)=Nc1nc(C)c2cccc(C)c2n1)c1c(O)ccoc1=O. The van der Waals surface area contributed by atoms with E-state index >= 15 is 0 Å². The zero-order chi connectivity index (χ0) is 18.8. The summed E-state index contributed by atoms with van der Waals surface area (Å²) in [4.78, 5) is 28.6. The Morgan fingerprint density at radius 1 is 1.23 bits per heavy atom. The smallest absolute Gasteiger partial charge is 0.348 e. The molecule has 3 aromatic rings. The number of nitrogens with two attached hydrogens (primary N) is 1. The minimum Gasteiger partial charge on any atom is -0.507 e. The molecule has 0 bridgehead atoms. The molecule has 0 spiro atoms.